The number of guanidine groups is 1. The number of hydrogen-bond acceptors (Lipinski definition) is 6. The Morgan fingerprint density at radius 3 is 2.66 bits per heavy atom. The number of hydrogen-bond donors (Lipinski definition) is 2. The third-order valence-corrected chi connectivity index (χ3v) is 5.30. The van der Waals surface area contributed by atoms with Crippen LogP contribution in [0.4, 0.5) is 4.79 Å². The number of allylic oxidation sites excluding steroid dienone is 3. The summed E-state index contributed by atoms with van der Waals surface area (Å²) in [6.07, 6.45) is 6.31. The van der Waals surface area contributed by atoms with Crippen LogP contribution in [0.2, 0.25) is 0 Å². The summed E-state index contributed by atoms with van der Waals surface area (Å²) in [5.41, 5.74) is -1.28. The number of nitrogens with one attached hydrogen (secondary N) is 1. The number of carbonyl (C=O) groups is 2. The summed E-state index contributed by atoms with van der Waals surface area (Å²) in [5, 5.41) is 11.9. The van der Waals surface area contributed by atoms with Crippen molar-refractivity contribution in [3.8, 4) is 0 Å². The molecular weight excluding hydrogens is 410 g/mol. The number of nitrogens with zero attached hydrogens (tertiary/aromatic N) is 2. The minimum absolute atomic E-state index is 0.0947. The standard InChI is InChI=1S/C24H41N3O5/c1-8-12-19(4)31-16-13-18(3)27-20(29)17-24(9-2,14-10-11-15-28)26-21(27)25-22(30)32-23(5,6)7/h8,12,18,28H,1,9-11,13-17H2,2-7H3,(H,25,26,30)/b19-12+/t18-,24+/m0/s1. The summed E-state index contributed by atoms with van der Waals surface area (Å²) in [4.78, 5) is 32.2. The number of alkyl carbamates (subject to hydrolysis) is 1. The molecule has 0 bridgehead atoms. The van der Waals surface area contributed by atoms with Gasteiger partial charge in [0.15, 0.2) is 0 Å². The first-order valence-electron chi connectivity index (χ1n) is 11.4. The molecule has 1 aliphatic rings. The lowest BCUT2D eigenvalue weighted by Crippen LogP contribution is -2.57. The fraction of sp³-hybridized carbons (Fsp3) is 0.708. The lowest BCUT2D eigenvalue weighted by atomic mass is 9.85. The van der Waals surface area contributed by atoms with Crippen LogP contribution in [0.5, 0.6) is 0 Å². The molecule has 1 aliphatic heterocycles. The molecule has 182 valence electrons. The summed E-state index contributed by atoms with van der Waals surface area (Å²) in [6, 6.07) is -0.236. The van der Waals surface area contributed by atoms with Gasteiger partial charge in [0.1, 0.15) is 5.60 Å². The number of carbonyl (C=O) groups excluding carboxylic acids is 2. The van der Waals surface area contributed by atoms with Crippen LogP contribution in [0.1, 0.15) is 80.1 Å². The molecule has 2 N–H and O–H groups in total. The van der Waals surface area contributed by atoms with E-state index in [1.165, 1.54) is 0 Å². The van der Waals surface area contributed by atoms with Gasteiger partial charge in [0, 0.05) is 19.1 Å². The highest BCUT2D eigenvalue weighted by Gasteiger charge is 2.41. The fourth-order valence-corrected chi connectivity index (χ4v) is 3.57. The van der Waals surface area contributed by atoms with E-state index in [4.69, 9.17) is 19.6 Å². The van der Waals surface area contributed by atoms with E-state index in [9.17, 15) is 9.59 Å². The first kappa shape index (κ1) is 27.7. The van der Waals surface area contributed by atoms with Crippen molar-refractivity contribution < 1.29 is 24.2 Å². The zero-order valence-electron chi connectivity index (χ0n) is 20.6. The molecule has 2 amide bonds. The Balaban J connectivity index is 3.11. The number of amides is 2. The number of aliphatic hydroxyl groups is 1. The summed E-state index contributed by atoms with van der Waals surface area (Å²) in [5.74, 6) is 0.863. The second-order valence-corrected chi connectivity index (χ2v) is 9.26. The maximum atomic E-state index is 13.3. The molecule has 0 fully saturated rings. The van der Waals surface area contributed by atoms with Gasteiger partial charge >= 0.3 is 6.09 Å². The molecule has 1 rings (SSSR count). The van der Waals surface area contributed by atoms with Crippen molar-refractivity contribution in [1.82, 2.24) is 10.2 Å². The molecule has 0 aromatic carbocycles. The van der Waals surface area contributed by atoms with Crippen molar-refractivity contribution in [3.63, 3.8) is 0 Å². The first-order chi connectivity index (χ1) is 15.0. The van der Waals surface area contributed by atoms with Crippen LogP contribution < -0.4 is 5.32 Å². The van der Waals surface area contributed by atoms with E-state index in [1.54, 1.807) is 37.8 Å². The van der Waals surface area contributed by atoms with Crippen molar-refractivity contribution in [2.24, 2.45) is 4.99 Å². The summed E-state index contributed by atoms with van der Waals surface area (Å²) >= 11 is 0. The first-order valence-corrected chi connectivity index (χ1v) is 11.4. The largest absolute Gasteiger partial charge is 0.498 e. The number of ether oxygens (including phenoxy) is 2. The van der Waals surface area contributed by atoms with E-state index in [-0.39, 0.29) is 30.9 Å². The Morgan fingerprint density at radius 1 is 1.41 bits per heavy atom. The summed E-state index contributed by atoms with van der Waals surface area (Å²) in [6.45, 7) is 15.2. The Labute approximate surface area is 192 Å². The quantitative estimate of drug-likeness (QED) is 0.277. The highest BCUT2D eigenvalue weighted by Crippen LogP contribution is 2.33. The van der Waals surface area contributed by atoms with Crippen molar-refractivity contribution >= 4 is 18.0 Å². The third-order valence-electron chi connectivity index (χ3n) is 5.30. The minimum atomic E-state index is -0.675. The molecule has 2 atom stereocenters. The molecule has 0 saturated heterocycles. The van der Waals surface area contributed by atoms with Crippen LogP contribution >= 0.6 is 0 Å². The van der Waals surface area contributed by atoms with Crippen LogP contribution in [0.15, 0.2) is 29.5 Å². The molecule has 8 nitrogen and oxygen atoms in total. The molecule has 0 aromatic heterocycles. The average Bonchev–Trinajstić information content (AvgIpc) is 2.66. The number of rotatable bonds is 11. The third kappa shape index (κ3) is 9.02. The van der Waals surface area contributed by atoms with Gasteiger partial charge in [0.05, 0.1) is 24.3 Å². The van der Waals surface area contributed by atoms with Gasteiger partial charge in [0.2, 0.25) is 11.9 Å². The van der Waals surface area contributed by atoms with Gasteiger partial charge in [-0.25, -0.2) is 9.79 Å². The summed E-state index contributed by atoms with van der Waals surface area (Å²) in [7, 11) is 0. The Hall–Kier alpha value is -2.35. The number of unbranched alkanes of at least 4 members (excludes halogenated alkanes) is 1. The van der Waals surface area contributed by atoms with Crippen molar-refractivity contribution in [2.75, 3.05) is 13.2 Å². The highest BCUT2D eigenvalue weighted by molar-refractivity contribution is 6.05. The lowest BCUT2D eigenvalue weighted by molar-refractivity contribution is -0.131. The van der Waals surface area contributed by atoms with Crippen molar-refractivity contribution in [1.29, 1.82) is 0 Å². The van der Waals surface area contributed by atoms with Crippen molar-refractivity contribution in [3.05, 3.63) is 24.5 Å². The zero-order chi connectivity index (χ0) is 24.4. The second-order valence-electron chi connectivity index (χ2n) is 9.26. The molecule has 0 aliphatic carbocycles. The topological polar surface area (TPSA) is 100 Å². The second kappa shape index (κ2) is 12.6. The molecule has 0 aromatic rings. The highest BCUT2D eigenvalue weighted by atomic mass is 16.6. The van der Waals surface area contributed by atoms with Gasteiger partial charge in [-0.3, -0.25) is 15.0 Å². The van der Waals surface area contributed by atoms with Crippen LogP contribution in [-0.2, 0) is 14.3 Å². The molecule has 0 radical (unpaired) electrons. The molecule has 0 spiro atoms. The molecule has 32 heavy (non-hydrogen) atoms. The predicted molar refractivity (Wildman–Crippen MR) is 126 cm³/mol. The average molecular weight is 452 g/mol. The van der Waals surface area contributed by atoms with E-state index < -0.39 is 17.2 Å². The Kier molecular flexibility index (Phi) is 10.9. The lowest BCUT2D eigenvalue weighted by Gasteiger charge is -2.40. The van der Waals surface area contributed by atoms with E-state index in [1.807, 2.05) is 20.8 Å². The number of aliphatic imine (C=N–C) groups is 1. The Morgan fingerprint density at radius 2 is 2.09 bits per heavy atom. The van der Waals surface area contributed by atoms with Gasteiger partial charge in [-0.15, -0.1) is 0 Å². The van der Waals surface area contributed by atoms with E-state index in [0.29, 0.717) is 32.3 Å². The molecule has 0 unspecified atom stereocenters. The van der Waals surface area contributed by atoms with Crippen LogP contribution in [0, 0.1) is 0 Å². The normalized spacial score (nSPS) is 20.5. The van der Waals surface area contributed by atoms with E-state index in [2.05, 4.69) is 11.9 Å². The van der Waals surface area contributed by atoms with E-state index >= 15 is 0 Å². The van der Waals surface area contributed by atoms with Crippen LogP contribution in [-0.4, -0.2) is 58.4 Å². The van der Waals surface area contributed by atoms with Crippen LogP contribution in [0.25, 0.3) is 0 Å². The van der Waals surface area contributed by atoms with Crippen LogP contribution in [0.3, 0.4) is 0 Å². The van der Waals surface area contributed by atoms with Gasteiger partial charge in [-0.1, -0.05) is 19.6 Å². The predicted octanol–water partition coefficient (Wildman–Crippen LogP) is 4.30. The SMILES string of the molecule is C=C/C=C(\C)OCC[C@H](C)N1C(=O)C[C@@](CC)(CCCCO)N=C1NC(=O)OC(C)(C)C. The van der Waals surface area contributed by atoms with Gasteiger partial charge in [-0.05, 0) is 66.4 Å². The van der Waals surface area contributed by atoms with Crippen molar-refractivity contribution in [2.45, 2.75) is 97.2 Å². The minimum Gasteiger partial charge on any atom is -0.498 e. The fourth-order valence-electron chi connectivity index (χ4n) is 3.57. The molecule has 1 heterocycles. The summed E-state index contributed by atoms with van der Waals surface area (Å²) < 4.78 is 11.1. The Bertz CT molecular complexity index is 711. The molecule has 0 saturated carbocycles. The maximum absolute atomic E-state index is 13.3. The number of aliphatic hydroxyl groups excluding tert-OH is 1. The van der Waals surface area contributed by atoms with Gasteiger partial charge in [-0.2, -0.15) is 0 Å². The smallest absolute Gasteiger partial charge is 0.414 e. The maximum Gasteiger partial charge on any atom is 0.414 e. The van der Waals surface area contributed by atoms with Gasteiger partial charge in [0.25, 0.3) is 0 Å². The zero-order valence-corrected chi connectivity index (χ0v) is 20.6. The van der Waals surface area contributed by atoms with E-state index in [0.717, 1.165) is 12.2 Å². The molecule has 8 heteroatoms. The van der Waals surface area contributed by atoms with Gasteiger partial charge < -0.3 is 14.6 Å². The monoisotopic (exact) mass is 451 g/mol. The molecular formula is C24H41N3O5.